The lowest BCUT2D eigenvalue weighted by atomic mass is 10.2. The first-order valence-corrected chi connectivity index (χ1v) is 9.37. The topological polar surface area (TPSA) is 58.6 Å². The molecule has 2 aliphatic heterocycles. The quantitative estimate of drug-likeness (QED) is 0.842. The van der Waals surface area contributed by atoms with E-state index < -0.39 is 0 Å². The predicted molar refractivity (Wildman–Crippen MR) is 103 cm³/mol. The van der Waals surface area contributed by atoms with Crippen LogP contribution in [0.1, 0.15) is 22.6 Å². The molecule has 4 rings (SSSR count). The molecular weight excluding hydrogens is 348 g/mol. The molecular formula is C20H18N2O3S. The number of hydrogen-bond donors (Lipinski definition) is 1. The molecule has 6 heteroatoms. The fourth-order valence-corrected chi connectivity index (χ4v) is 3.81. The monoisotopic (exact) mass is 366 g/mol. The van der Waals surface area contributed by atoms with Gasteiger partial charge in [0, 0.05) is 35.0 Å². The molecule has 0 radical (unpaired) electrons. The van der Waals surface area contributed by atoms with Crippen molar-refractivity contribution in [2.24, 2.45) is 0 Å². The molecule has 0 atom stereocenters. The van der Waals surface area contributed by atoms with Crippen molar-refractivity contribution in [3.63, 3.8) is 0 Å². The molecule has 26 heavy (non-hydrogen) atoms. The van der Waals surface area contributed by atoms with Gasteiger partial charge in [0.15, 0.2) is 11.5 Å². The minimum Gasteiger partial charge on any atom is -0.449 e. The van der Waals surface area contributed by atoms with E-state index in [4.69, 9.17) is 4.74 Å². The van der Waals surface area contributed by atoms with E-state index >= 15 is 0 Å². The predicted octanol–water partition coefficient (Wildman–Crippen LogP) is 3.76. The van der Waals surface area contributed by atoms with Gasteiger partial charge in [-0.25, -0.2) is 0 Å². The Kier molecular flexibility index (Phi) is 4.58. The number of amides is 2. The first-order valence-electron chi connectivity index (χ1n) is 8.56. The first kappa shape index (κ1) is 16.6. The lowest BCUT2D eigenvalue weighted by Crippen LogP contribution is -2.25. The van der Waals surface area contributed by atoms with E-state index in [2.05, 4.69) is 5.32 Å². The molecule has 0 bridgehead atoms. The lowest BCUT2D eigenvalue weighted by Gasteiger charge is -2.19. The minimum atomic E-state index is -0.265. The molecule has 1 N–H and O–H groups in total. The first-order chi connectivity index (χ1) is 12.7. The van der Waals surface area contributed by atoms with Crippen LogP contribution in [0.15, 0.2) is 48.2 Å². The summed E-state index contributed by atoms with van der Waals surface area (Å²) in [6, 6.07) is 11.2. The van der Waals surface area contributed by atoms with Crippen LogP contribution in [-0.2, 0) is 9.59 Å². The molecule has 1 aromatic heterocycles. The van der Waals surface area contributed by atoms with Crippen LogP contribution >= 0.6 is 11.3 Å². The Balaban J connectivity index is 1.47. The van der Waals surface area contributed by atoms with Gasteiger partial charge in [-0.05, 0) is 43.2 Å². The maximum absolute atomic E-state index is 12.2. The second-order valence-corrected chi connectivity index (χ2v) is 7.31. The molecule has 0 spiro atoms. The van der Waals surface area contributed by atoms with Gasteiger partial charge in [0.1, 0.15) is 0 Å². The maximum atomic E-state index is 12.2. The highest BCUT2D eigenvalue weighted by molar-refractivity contribution is 7.13. The van der Waals surface area contributed by atoms with Crippen molar-refractivity contribution < 1.29 is 14.3 Å². The lowest BCUT2D eigenvalue weighted by molar-refractivity contribution is -0.124. The van der Waals surface area contributed by atoms with Crippen molar-refractivity contribution in [2.75, 3.05) is 18.4 Å². The fourth-order valence-electron chi connectivity index (χ4n) is 2.96. The van der Waals surface area contributed by atoms with Crippen molar-refractivity contribution in [3.8, 4) is 5.75 Å². The summed E-state index contributed by atoms with van der Waals surface area (Å²) in [6.07, 6.45) is 7.33. The highest BCUT2D eigenvalue weighted by atomic mass is 32.1. The number of para-hydroxylation sites is 2. The normalized spacial score (nSPS) is 18.1. The molecule has 1 saturated heterocycles. The van der Waals surface area contributed by atoms with Gasteiger partial charge in [0.25, 0.3) is 5.91 Å². The number of hydrogen-bond acceptors (Lipinski definition) is 4. The van der Waals surface area contributed by atoms with Crippen molar-refractivity contribution in [2.45, 2.75) is 12.8 Å². The summed E-state index contributed by atoms with van der Waals surface area (Å²) in [4.78, 5) is 27.9. The van der Waals surface area contributed by atoms with Crippen LogP contribution in [0.3, 0.4) is 0 Å². The highest BCUT2D eigenvalue weighted by Crippen LogP contribution is 2.31. The largest absolute Gasteiger partial charge is 0.449 e. The van der Waals surface area contributed by atoms with E-state index in [1.165, 1.54) is 11.3 Å². The summed E-state index contributed by atoms with van der Waals surface area (Å²) >= 11 is 1.50. The number of rotatable bonds is 3. The highest BCUT2D eigenvalue weighted by Gasteiger charge is 2.21. The molecule has 0 saturated carbocycles. The Labute approximate surface area is 155 Å². The third kappa shape index (κ3) is 3.55. The maximum Gasteiger partial charge on any atom is 0.291 e. The van der Waals surface area contributed by atoms with Gasteiger partial charge >= 0.3 is 0 Å². The van der Waals surface area contributed by atoms with Crippen molar-refractivity contribution in [3.05, 3.63) is 58.0 Å². The van der Waals surface area contributed by atoms with E-state index in [1.807, 2.05) is 41.3 Å². The van der Waals surface area contributed by atoms with Crippen molar-refractivity contribution >= 4 is 41.0 Å². The Bertz CT molecular complexity index is 907. The Morgan fingerprint density at radius 2 is 1.88 bits per heavy atom. The van der Waals surface area contributed by atoms with E-state index in [-0.39, 0.29) is 17.6 Å². The summed E-state index contributed by atoms with van der Waals surface area (Å²) in [5.74, 6) is 0.682. The Morgan fingerprint density at radius 3 is 2.73 bits per heavy atom. The number of nitrogens with zero attached hydrogens (tertiary/aromatic N) is 1. The molecule has 5 nitrogen and oxygen atoms in total. The molecule has 1 aromatic carbocycles. The number of ether oxygens (including phenoxy) is 1. The molecule has 132 valence electrons. The minimum absolute atomic E-state index is 0.0578. The fraction of sp³-hybridized carbons (Fsp3) is 0.200. The molecule has 0 unspecified atom stereocenters. The van der Waals surface area contributed by atoms with E-state index in [1.54, 1.807) is 18.2 Å². The van der Waals surface area contributed by atoms with Crippen LogP contribution < -0.4 is 10.1 Å². The van der Waals surface area contributed by atoms with Crippen molar-refractivity contribution in [1.29, 1.82) is 0 Å². The van der Waals surface area contributed by atoms with E-state index in [0.29, 0.717) is 11.4 Å². The average molecular weight is 366 g/mol. The second-order valence-electron chi connectivity index (χ2n) is 6.17. The number of anilines is 1. The number of thiophene rings is 1. The summed E-state index contributed by atoms with van der Waals surface area (Å²) in [7, 11) is 0. The average Bonchev–Trinajstić information content (AvgIpc) is 3.32. The van der Waals surface area contributed by atoms with Crippen LogP contribution in [0.2, 0.25) is 0 Å². The summed E-state index contributed by atoms with van der Waals surface area (Å²) in [5, 5.41) is 2.82. The van der Waals surface area contributed by atoms with Crippen LogP contribution in [0.25, 0.3) is 12.2 Å². The smallest absolute Gasteiger partial charge is 0.291 e. The molecule has 3 heterocycles. The Morgan fingerprint density at radius 1 is 1.12 bits per heavy atom. The van der Waals surface area contributed by atoms with Crippen LogP contribution in [0.5, 0.6) is 5.75 Å². The zero-order valence-electron chi connectivity index (χ0n) is 14.1. The molecule has 2 aliphatic rings. The van der Waals surface area contributed by atoms with E-state index in [0.717, 1.165) is 35.7 Å². The van der Waals surface area contributed by atoms with Gasteiger partial charge in [-0.15, -0.1) is 11.3 Å². The summed E-state index contributed by atoms with van der Waals surface area (Å²) in [6.45, 7) is 1.69. The Hall–Kier alpha value is -2.86. The van der Waals surface area contributed by atoms with Crippen molar-refractivity contribution in [1.82, 2.24) is 4.90 Å². The molecule has 2 amide bonds. The summed E-state index contributed by atoms with van der Waals surface area (Å²) < 4.78 is 5.70. The molecule has 0 aliphatic carbocycles. The van der Waals surface area contributed by atoms with Crippen LogP contribution in [0, 0.1) is 0 Å². The third-order valence-corrected chi connectivity index (χ3v) is 5.31. The van der Waals surface area contributed by atoms with Crippen LogP contribution in [0.4, 0.5) is 5.69 Å². The number of carbonyl (C=O) groups is 2. The van der Waals surface area contributed by atoms with Gasteiger partial charge in [-0.1, -0.05) is 12.1 Å². The number of benzene rings is 1. The van der Waals surface area contributed by atoms with Gasteiger partial charge < -0.3 is 15.0 Å². The van der Waals surface area contributed by atoms with Crippen LogP contribution in [-0.4, -0.2) is 29.8 Å². The zero-order valence-corrected chi connectivity index (χ0v) is 14.9. The number of nitrogens with one attached hydrogen (secondary N) is 1. The van der Waals surface area contributed by atoms with Gasteiger partial charge in [-0.2, -0.15) is 0 Å². The molecule has 1 fully saturated rings. The number of fused-ring (bicyclic) bond motifs is 1. The standard InChI is InChI=1S/C20H18N2O3S/c23-19(22-11-3-4-12-22)10-9-14-7-8-15(26-14)13-18-20(24)21-16-5-1-2-6-17(16)25-18/h1-2,5-10,13H,3-4,11-12H2,(H,21,24)/b10-9+,18-13-. The number of carbonyl (C=O) groups excluding carboxylic acids is 2. The van der Waals surface area contributed by atoms with Gasteiger partial charge in [0.2, 0.25) is 5.91 Å². The molecule has 2 aromatic rings. The zero-order chi connectivity index (χ0) is 17.9. The van der Waals surface area contributed by atoms with Gasteiger partial charge in [0.05, 0.1) is 5.69 Å². The third-order valence-electron chi connectivity index (χ3n) is 4.31. The summed E-state index contributed by atoms with van der Waals surface area (Å²) in [5.41, 5.74) is 0.671. The number of likely N-dealkylation sites (tertiary alicyclic amines) is 1. The van der Waals surface area contributed by atoms with Gasteiger partial charge in [-0.3, -0.25) is 9.59 Å². The SMILES string of the molecule is O=C1Nc2ccccc2O/C1=C\c1ccc(/C=C/C(=O)N2CCCC2)s1. The van der Waals surface area contributed by atoms with E-state index in [9.17, 15) is 9.59 Å². The second kappa shape index (κ2) is 7.17.